The molecule has 0 aliphatic heterocycles. The SMILES string of the molecule is CN(C(=O)Nc1ccc(Cl)cc1)c1ccccc1C#Cc1ccccc1. The van der Waals surface area contributed by atoms with E-state index in [-0.39, 0.29) is 6.03 Å². The number of amides is 2. The molecule has 3 aromatic carbocycles. The van der Waals surface area contributed by atoms with Crippen LogP contribution in [0.5, 0.6) is 0 Å². The van der Waals surface area contributed by atoms with Crippen molar-refractivity contribution in [3.8, 4) is 11.8 Å². The lowest BCUT2D eigenvalue weighted by molar-refractivity contribution is 0.258. The van der Waals surface area contributed by atoms with Crippen LogP contribution in [0.15, 0.2) is 78.9 Å². The average molecular weight is 361 g/mol. The van der Waals surface area contributed by atoms with E-state index in [2.05, 4.69) is 17.2 Å². The second-order valence-electron chi connectivity index (χ2n) is 5.63. The molecule has 26 heavy (non-hydrogen) atoms. The third-order valence-electron chi connectivity index (χ3n) is 3.78. The number of urea groups is 1. The van der Waals surface area contributed by atoms with Gasteiger partial charge in [-0.1, -0.05) is 53.8 Å². The first-order valence-electron chi connectivity index (χ1n) is 8.10. The molecule has 3 aromatic rings. The summed E-state index contributed by atoms with van der Waals surface area (Å²) in [5.74, 6) is 6.28. The Hall–Kier alpha value is -3.22. The van der Waals surface area contributed by atoms with Crippen LogP contribution < -0.4 is 10.2 Å². The summed E-state index contributed by atoms with van der Waals surface area (Å²) in [6.45, 7) is 0. The number of para-hydroxylation sites is 1. The van der Waals surface area contributed by atoms with Gasteiger partial charge in [0, 0.05) is 28.9 Å². The zero-order valence-electron chi connectivity index (χ0n) is 14.2. The predicted molar refractivity (Wildman–Crippen MR) is 108 cm³/mol. The van der Waals surface area contributed by atoms with Crippen molar-refractivity contribution in [3.05, 3.63) is 95.0 Å². The van der Waals surface area contributed by atoms with Gasteiger partial charge in [0.05, 0.1) is 5.69 Å². The van der Waals surface area contributed by atoms with E-state index < -0.39 is 0 Å². The monoisotopic (exact) mass is 360 g/mol. The lowest BCUT2D eigenvalue weighted by Crippen LogP contribution is -2.31. The number of carbonyl (C=O) groups excluding carboxylic acids is 1. The molecule has 0 heterocycles. The molecule has 0 radical (unpaired) electrons. The molecular weight excluding hydrogens is 344 g/mol. The molecule has 0 fully saturated rings. The lowest BCUT2D eigenvalue weighted by Gasteiger charge is -2.19. The van der Waals surface area contributed by atoms with Gasteiger partial charge in [0.2, 0.25) is 0 Å². The highest BCUT2D eigenvalue weighted by Gasteiger charge is 2.13. The zero-order chi connectivity index (χ0) is 18.4. The first kappa shape index (κ1) is 17.6. The van der Waals surface area contributed by atoms with Crippen molar-refractivity contribution in [1.29, 1.82) is 0 Å². The fourth-order valence-electron chi connectivity index (χ4n) is 2.38. The maximum absolute atomic E-state index is 12.6. The normalized spacial score (nSPS) is 9.77. The molecular formula is C22H17ClN2O. The fourth-order valence-corrected chi connectivity index (χ4v) is 2.51. The molecule has 3 rings (SSSR count). The summed E-state index contributed by atoms with van der Waals surface area (Å²) < 4.78 is 0. The Bertz CT molecular complexity index is 957. The van der Waals surface area contributed by atoms with Crippen molar-refractivity contribution >= 4 is 29.0 Å². The summed E-state index contributed by atoms with van der Waals surface area (Å²) in [7, 11) is 1.72. The molecule has 1 N–H and O–H groups in total. The molecule has 128 valence electrons. The molecule has 0 aliphatic rings. The Morgan fingerprint density at radius 2 is 1.54 bits per heavy atom. The highest BCUT2D eigenvalue weighted by atomic mass is 35.5. The second kappa shape index (κ2) is 8.24. The Morgan fingerprint density at radius 1 is 0.885 bits per heavy atom. The van der Waals surface area contributed by atoms with Gasteiger partial charge in [-0.15, -0.1) is 0 Å². The second-order valence-corrected chi connectivity index (χ2v) is 6.07. The van der Waals surface area contributed by atoms with Gasteiger partial charge in [-0.25, -0.2) is 4.79 Å². The smallest absolute Gasteiger partial charge is 0.308 e. The van der Waals surface area contributed by atoms with Crippen molar-refractivity contribution in [2.24, 2.45) is 0 Å². The Morgan fingerprint density at radius 3 is 2.27 bits per heavy atom. The van der Waals surface area contributed by atoms with E-state index in [9.17, 15) is 4.79 Å². The molecule has 0 aromatic heterocycles. The van der Waals surface area contributed by atoms with Crippen LogP contribution in [0.3, 0.4) is 0 Å². The number of rotatable bonds is 2. The molecule has 0 saturated carbocycles. The van der Waals surface area contributed by atoms with Gasteiger partial charge in [-0.2, -0.15) is 0 Å². The number of carbonyl (C=O) groups is 1. The van der Waals surface area contributed by atoms with Gasteiger partial charge >= 0.3 is 6.03 Å². The van der Waals surface area contributed by atoms with E-state index in [1.54, 1.807) is 36.2 Å². The van der Waals surface area contributed by atoms with Crippen LogP contribution in [0.25, 0.3) is 0 Å². The van der Waals surface area contributed by atoms with Crippen LogP contribution in [0.1, 0.15) is 11.1 Å². The third kappa shape index (κ3) is 4.44. The minimum atomic E-state index is -0.249. The first-order chi connectivity index (χ1) is 12.6. The summed E-state index contributed by atoms with van der Waals surface area (Å²) in [6.07, 6.45) is 0. The lowest BCUT2D eigenvalue weighted by atomic mass is 10.1. The van der Waals surface area contributed by atoms with E-state index >= 15 is 0 Å². The summed E-state index contributed by atoms with van der Waals surface area (Å²) in [6, 6.07) is 24.0. The van der Waals surface area contributed by atoms with Gasteiger partial charge in [0.1, 0.15) is 0 Å². The van der Waals surface area contributed by atoms with Gasteiger partial charge in [0.25, 0.3) is 0 Å². The summed E-state index contributed by atoms with van der Waals surface area (Å²) in [5, 5.41) is 3.47. The molecule has 4 heteroatoms. The Balaban J connectivity index is 1.81. The Labute approximate surface area is 158 Å². The first-order valence-corrected chi connectivity index (χ1v) is 8.47. The number of nitrogens with one attached hydrogen (secondary N) is 1. The van der Waals surface area contributed by atoms with E-state index in [0.717, 1.165) is 16.8 Å². The molecule has 0 spiro atoms. The number of hydrogen-bond donors (Lipinski definition) is 1. The average Bonchev–Trinajstić information content (AvgIpc) is 2.68. The van der Waals surface area contributed by atoms with Crippen LogP contribution in [0, 0.1) is 11.8 Å². The fraction of sp³-hybridized carbons (Fsp3) is 0.0455. The summed E-state index contributed by atoms with van der Waals surface area (Å²) in [5.41, 5.74) is 3.13. The van der Waals surface area contributed by atoms with Crippen LogP contribution in [-0.4, -0.2) is 13.1 Å². The Kier molecular flexibility index (Phi) is 5.58. The number of benzene rings is 3. The highest BCUT2D eigenvalue weighted by molar-refractivity contribution is 6.30. The number of nitrogens with zero attached hydrogens (tertiary/aromatic N) is 1. The maximum atomic E-state index is 12.6. The molecule has 0 unspecified atom stereocenters. The maximum Gasteiger partial charge on any atom is 0.326 e. The summed E-state index contributed by atoms with van der Waals surface area (Å²) in [4.78, 5) is 14.1. The molecule has 0 aliphatic carbocycles. The molecule has 0 saturated heterocycles. The van der Waals surface area contributed by atoms with Crippen molar-refractivity contribution < 1.29 is 4.79 Å². The van der Waals surface area contributed by atoms with E-state index in [0.29, 0.717) is 10.7 Å². The van der Waals surface area contributed by atoms with Crippen LogP contribution >= 0.6 is 11.6 Å². The van der Waals surface area contributed by atoms with E-state index in [1.807, 2.05) is 54.6 Å². The standard InChI is InChI=1S/C22H17ClN2O/c1-25(22(26)24-20-15-13-19(23)14-16-20)21-10-6-5-9-18(21)12-11-17-7-3-2-4-8-17/h2-10,13-16H,1H3,(H,24,26). The van der Waals surface area contributed by atoms with Crippen LogP contribution in [-0.2, 0) is 0 Å². The minimum Gasteiger partial charge on any atom is -0.308 e. The van der Waals surface area contributed by atoms with Gasteiger partial charge in [-0.05, 0) is 48.5 Å². The minimum absolute atomic E-state index is 0.249. The quantitative estimate of drug-likeness (QED) is 0.609. The van der Waals surface area contributed by atoms with Gasteiger partial charge in [0.15, 0.2) is 0 Å². The summed E-state index contributed by atoms with van der Waals surface area (Å²) >= 11 is 5.87. The largest absolute Gasteiger partial charge is 0.326 e. The topological polar surface area (TPSA) is 32.3 Å². The third-order valence-corrected chi connectivity index (χ3v) is 4.03. The molecule has 3 nitrogen and oxygen atoms in total. The van der Waals surface area contributed by atoms with Crippen LogP contribution in [0.4, 0.5) is 16.2 Å². The number of anilines is 2. The van der Waals surface area contributed by atoms with Crippen molar-refractivity contribution in [3.63, 3.8) is 0 Å². The van der Waals surface area contributed by atoms with E-state index in [4.69, 9.17) is 11.6 Å². The van der Waals surface area contributed by atoms with Gasteiger partial charge < -0.3 is 5.32 Å². The zero-order valence-corrected chi connectivity index (χ0v) is 15.0. The predicted octanol–water partition coefficient (Wildman–Crippen LogP) is 5.41. The highest BCUT2D eigenvalue weighted by Crippen LogP contribution is 2.20. The van der Waals surface area contributed by atoms with E-state index in [1.165, 1.54) is 0 Å². The molecule has 0 bridgehead atoms. The number of hydrogen-bond acceptors (Lipinski definition) is 1. The number of halogens is 1. The van der Waals surface area contributed by atoms with Crippen molar-refractivity contribution in [2.45, 2.75) is 0 Å². The van der Waals surface area contributed by atoms with Crippen LogP contribution in [0.2, 0.25) is 5.02 Å². The van der Waals surface area contributed by atoms with Gasteiger partial charge in [-0.3, -0.25) is 4.90 Å². The van der Waals surface area contributed by atoms with Crippen molar-refractivity contribution in [1.82, 2.24) is 0 Å². The molecule has 0 atom stereocenters. The molecule has 2 amide bonds. The van der Waals surface area contributed by atoms with Crippen molar-refractivity contribution in [2.75, 3.05) is 17.3 Å².